The van der Waals surface area contributed by atoms with Crippen LogP contribution in [0.15, 0.2) is 24.3 Å². The lowest BCUT2D eigenvalue weighted by molar-refractivity contribution is -0.133. The fourth-order valence-corrected chi connectivity index (χ4v) is 2.45. The maximum atomic E-state index is 12.3. The molecule has 1 atom stereocenters. The number of benzene rings is 1. The van der Waals surface area contributed by atoms with Crippen LogP contribution in [0.5, 0.6) is 0 Å². The second-order valence-corrected chi connectivity index (χ2v) is 5.30. The van der Waals surface area contributed by atoms with E-state index >= 15 is 0 Å². The highest BCUT2D eigenvalue weighted by atomic mass is 35.5. The number of rotatable bonds is 4. The highest BCUT2D eigenvalue weighted by Gasteiger charge is 2.27. The van der Waals surface area contributed by atoms with Gasteiger partial charge in [0.05, 0.1) is 5.92 Å². The first-order valence-electron chi connectivity index (χ1n) is 7.12. The molecule has 1 amide bonds. The minimum absolute atomic E-state index is 0. The van der Waals surface area contributed by atoms with E-state index in [-0.39, 0.29) is 30.7 Å². The van der Waals surface area contributed by atoms with E-state index in [4.69, 9.17) is 0 Å². The first kappa shape index (κ1) is 18.8. The number of hydrogen-bond donors (Lipinski definition) is 2. The highest BCUT2D eigenvalue weighted by Crippen LogP contribution is 2.25. The maximum Gasteiger partial charge on any atom is 0.389 e. The van der Waals surface area contributed by atoms with Gasteiger partial charge in [-0.2, -0.15) is 13.2 Å². The molecule has 124 valence electrons. The molecule has 1 unspecified atom stereocenters. The molecule has 1 aliphatic rings. The lowest BCUT2D eigenvalue weighted by Gasteiger charge is -2.22. The Morgan fingerprint density at radius 1 is 1.32 bits per heavy atom. The Morgan fingerprint density at radius 2 is 2.05 bits per heavy atom. The number of amides is 1. The zero-order valence-corrected chi connectivity index (χ0v) is 12.9. The van der Waals surface area contributed by atoms with Gasteiger partial charge in [0.15, 0.2) is 0 Å². The summed E-state index contributed by atoms with van der Waals surface area (Å²) in [5.74, 6) is -0.240. The van der Waals surface area contributed by atoms with Gasteiger partial charge in [0, 0.05) is 18.7 Å². The van der Waals surface area contributed by atoms with E-state index in [1.165, 1.54) is 0 Å². The standard InChI is InChI=1S/C15H19F3N2O.ClH/c16-15(17,18)8-7-11-4-1-2-6-13(11)20-14(21)12-5-3-9-19-10-12;/h1-2,4,6,12,19H,3,5,7-10H2,(H,20,21);1H. The van der Waals surface area contributed by atoms with Crippen molar-refractivity contribution in [2.75, 3.05) is 18.4 Å². The average molecular weight is 337 g/mol. The Kier molecular flexibility index (Phi) is 7.16. The predicted molar refractivity (Wildman–Crippen MR) is 82.3 cm³/mol. The third-order valence-electron chi connectivity index (χ3n) is 3.62. The minimum Gasteiger partial charge on any atom is -0.326 e. The van der Waals surface area contributed by atoms with Crippen molar-refractivity contribution in [3.05, 3.63) is 29.8 Å². The number of nitrogens with one attached hydrogen (secondary N) is 2. The Bertz CT molecular complexity index is 488. The Balaban J connectivity index is 0.00000242. The van der Waals surface area contributed by atoms with E-state index in [0.29, 0.717) is 17.8 Å². The van der Waals surface area contributed by atoms with Gasteiger partial charge in [-0.05, 0) is 37.4 Å². The number of aryl methyl sites for hydroxylation is 1. The third-order valence-corrected chi connectivity index (χ3v) is 3.62. The zero-order chi connectivity index (χ0) is 15.3. The minimum atomic E-state index is -4.19. The Labute approximate surface area is 134 Å². The van der Waals surface area contributed by atoms with Crippen molar-refractivity contribution < 1.29 is 18.0 Å². The van der Waals surface area contributed by atoms with Gasteiger partial charge < -0.3 is 10.6 Å². The Hall–Kier alpha value is -1.27. The molecule has 1 aromatic rings. The van der Waals surface area contributed by atoms with Gasteiger partial charge in [-0.25, -0.2) is 0 Å². The van der Waals surface area contributed by atoms with Crippen LogP contribution >= 0.6 is 12.4 Å². The monoisotopic (exact) mass is 336 g/mol. The van der Waals surface area contributed by atoms with Gasteiger partial charge >= 0.3 is 6.18 Å². The van der Waals surface area contributed by atoms with Gasteiger partial charge in [0.2, 0.25) is 5.91 Å². The molecule has 1 saturated heterocycles. The molecule has 2 N–H and O–H groups in total. The number of anilines is 1. The molecule has 0 aromatic heterocycles. The summed E-state index contributed by atoms with van der Waals surface area (Å²) in [7, 11) is 0. The molecule has 1 fully saturated rings. The Morgan fingerprint density at radius 3 is 2.68 bits per heavy atom. The quantitative estimate of drug-likeness (QED) is 0.883. The molecule has 0 bridgehead atoms. The van der Waals surface area contributed by atoms with Crippen LogP contribution in [-0.4, -0.2) is 25.2 Å². The number of carbonyl (C=O) groups is 1. The van der Waals surface area contributed by atoms with Gasteiger partial charge in [-0.1, -0.05) is 18.2 Å². The molecule has 0 saturated carbocycles. The van der Waals surface area contributed by atoms with Crippen LogP contribution in [0.2, 0.25) is 0 Å². The maximum absolute atomic E-state index is 12.3. The summed E-state index contributed by atoms with van der Waals surface area (Å²) >= 11 is 0. The second kappa shape index (κ2) is 8.39. The molecule has 0 radical (unpaired) electrons. The molecule has 1 aliphatic heterocycles. The van der Waals surface area contributed by atoms with Crippen molar-refractivity contribution >= 4 is 24.0 Å². The smallest absolute Gasteiger partial charge is 0.326 e. The summed E-state index contributed by atoms with van der Waals surface area (Å²) in [6.45, 7) is 1.53. The molecule has 7 heteroatoms. The summed E-state index contributed by atoms with van der Waals surface area (Å²) in [5, 5.41) is 5.92. The van der Waals surface area contributed by atoms with E-state index in [2.05, 4.69) is 10.6 Å². The van der Waals surface area contributed by atoms with Crippen LogP contribution in [0, 0.1) is 5.92 Å². The predicted octanol–water partition coefficient (Wildman–Crippen LogP) is 3.54. The van der Waals surface area contributed by atoms with Crippen LogP contribution in [-0.2, 0) is 11.2 Å². The lowest BCUT2D eigenvalue weighted by atomic mass is 9.98. The molecule has 0 spiro atoms. The second-order valence-electron chi connectivity index (χ2n) is 5.30. The number of hydrogen-bond acceptors (Lipinski definition) is 2. The SMILES string of the molecule is Cl.O=C(Nc1ccccc1CCC(F)(F)F)C1CCCNC1. The summed E-state index contributed by atoms with van der Waals surface area (Å²) in [6.07, 6.45) is -3.45. The van der Waals surface area contributed by atoms with Crippen molar-refractivity contribution in [1.82, 2.24) is 5.32 Å². The van der Waals surface area contributed by atoms with E-state index < -0.39 is 12.6 Å². The normalized spacial score (nSPS) is 18.4. The van der Waals surface area contributed by atoms with Crippen molar-refractivity contribution in [3.63, 3.8) is 0 Å². The van der Waals surface area contributed by atoms with Crippen LogP contribution in [0.3, 0.4) is 0 Å². The summed E-state index contributed by atoms with van der Waals surface area (Å²) in [5.41, 5.74) is 1.00. The van der Waals surface area contributed by atoms with E-state index in [0.717, 1.165) is 19.4 Å². The fourth-order valence-electron chi connectivity index (χ4n) is 2.45. The largest absolute Gasteiger partial charge is 0.389 e. The zero-order valence-electron chi connectivity index (χ0n) is 12.1. The van der Waals surface area contributed by atoms with Gasteiger partial charge in [0.1, 0.15) is 0 Å². The number of carbonyl (C=O) groups excluding carboxylic acids is 1. The molecule has 0 aliphatic carbocycles. The molecular formula is C15H20ClF3N2O. The van der Waals surface area contributed by atoms with Gasteiger partial charge in [-0.15, -0.1) is 12.4 Å². The van der Waals surface area contributed by atoms with Crippen molar-refractivity contribution in [3.8, 4) is 0 Å². The number of halogens is 4. The van der Waals surface area contributed by atoms with E-state index in [1.54, 1.807) is 24.3 Å². The molecule has 2 rings (SSSR count). The number of piperidine rings is 1. The molecular weight excluding hydrogens is 317 g/mol. The lowest BCUT2D eigenvalue weighted by Crippen LogP contribution is -2.37. The average Bonchev–Trinajstić information content (AvgIpc) is 2.46. The van der Waals surface area contributed by atoms with E-state index in [1.807, 2.05) is 0 Å². The number of para-hydroxylation sites is 1. The van der Waals surface area contributed by atoms with Gasteiger partial charge in [0.25, 0.3) is 0 Å². The molecule has 3 nitrogen and oxygen atoms in total. The number of alkyl halides is 3. The van der Waals surface area contributed by atoms with E-state index in [9.17, 15) is 18.0 Å². The summed E-state index contributed by atoms with van der Waals surface area (Å²) in [4.78, 5) is 12.1. The van der Waals surface area contributed by atoms with Crippen LogP contribution in [0.1, 0.15) is 24.8 Å². The topological polar surface area (TPSA) is 41.1 Å². The first-order valence-corrected chi connectivity index (χ1v) is 7.12. The molecule has 1 aromatic carbocycles. The van der Waals surface area contributed by atoms with Crippen LogP contribution in [0.4, 0.5) is 18.9 Å². The summed E-state index contributed by atoms with van der Waals surface area (Å²) < 4.78 is 37.0. The van der Waals surface area contributed by atoms with Crippen LogP contribution < -0.4 is 10.6 Å². The summed E-state index contributed by atoms with van der Waals surface area (Å²) in [6, 6.07) is 6.68. The third kappa shape index (κ3) is 5.85. The van der Waals surface area contributed by atoms with Crippen LogP contribution in [0.25, 0.3) is 0 Å². The van der Waals surface area contributed by atoms with Crippen molar-refractivity contribution in [2.45, 2.75) is 31.9 Å². The van der Waals surface area contributed by atoms with Crippen molar-refractivity contribution in [2.24, 2.45) is 5.92 Å². The fraction of sp³-hybridized carbons (Fsp3) is 0.533. The highest BCUT2D eigenvalue weighted by molar-refractivity contribution is 5.93. The molecule has 22 heavy (non-hydrogen) atoms. The van der Waals surface area contributed by atoms with Gasteiger partial charge in [-0.3, -0.25) is 4.79 Å². The van der Waals surface area contributed by atoms with Crippen molar-refractivity contribution in [1.29, 1.82) is 0 Å². The first-order chi connectivity index (χ1) is 9.96. The molecule has 1 heterocycles.